The first-order valence-electron chi connectivity index (χ1n) is 8.10. The molecule has 0 bridgehead atoms. The lowest BCUT2D eigenvalue weighted by Gasteiger charge is -2.12. The van der Waals surface area contributed by atoms with Gasteiger partial charge in [0.2, 0.25) is 5.91 Å². The number of aromatic nitrogens is 3. The molecule has 0 spiro atoms. The van der Waals surface area contributed by atoms with Gasteiger partial charge in [-0.1, -0.05) is 43.1 Å². The topological polar surface area (TPSA) is 83.6 Å². The molecule has 1 N–H and O–H groups in total. The van der Waals surface area contributed by atoms with Crippen molar-refractivity contribution in [2.24, 2.45) is 0 Å². The number of carbonyl (C=O) groups excluding carboxylic acids is 1. The average molecular weight is 378 g/mol. The number of nitrogens with one attached hydrogen (secondary N) is 1. The van der Waals surface area contributed by atoms with Crippen molar-refractivity contribution >= 4 is 35.0 Å². The van der Waals surface area contributed by atoms with Gasteiger partial charge in [0.05, 0.1) is 15.8 Å². The van der Waals surface area contributed by atoms with E-state index in [0.717, 1.165) is 31.0 Å². The minimum absolute atomic E-state index is 0.158. The second-order valence-corrected chi connectivity index (χ2v) is 7.28. The Bertz CT molecular complexity index is 771. The van der Waals surface area contributed by atoms with Crippen LogP contribution in [0.4, 0.5) is 5.69 Å². The van der Waals surface area contributed by atoms with Gasteiger partial charge in [-0.05, 0) is 31.5 Å². The monoisotopic (exact) mass is 377 g/mol. The first-order chi connectivity index (χ1) is 12.0. The van der Waals surface area contributed by atoms with Crippen LogP contribution in [0, 0.1) is 11.3 Å². The first kappa shape index (κ1) is 19.3. The summed E-state index contributed by atoms with van der Waals surface area (Å²) in [4.78, 5) is 12.4. The number of nitrogens with zero attached hydrogens (tertiary/aromatic N) is 4. The summed E-state index contributed by atoms with van der Waals surface area (Å²) in [6, 6.07) is 6.80. The highest BCUT2D eigenvalue weighted by molar-refractivity contribution is 8.00. The molecule has 1 aromatic heterocycles. The predicted molar refractivity (Wildman–Crippen MR) is 99.7 cm³/mol. The number of thioether (sulfide) groups is 1. The lowest BCUT2D eigenvalue weighted by Crippen LogP contribution is -2.23. The van der Waals surface area contributed by atoms with E-state index in [1.165, 1.54) is 11.8 Å². The zero-order valence-electron chi connectivity index (χ0n) is 14.2. The van der Waals surface area contributed by atoms with E-state index in [1.807, 2.05) is 17.6 Å². The van der Waals surface area contributed by atoms with Crippen molar-refractivity contribution < 1.29 is 4.79 Å². The zero-order chi connectivity index (χ0) is 18.2. The minimum atomic E-state index is -0.344. The highest BCUT2D eigenvalue weighted by Crippen LogP contribution is 2.24. The number of benzene rings is 1. The van der Waals surface area contributed by atoms with Gasteiger partial charge in [0.15, 0.2) is 5.16 Å². The number of hydrogen-bond acceptors (Lipinski definition) is 5. The number of aryl methyl sites for hydroxylation is 1. The standard InChI is InChI=1S/C17H20ClN5OS/c1-3-4-5-8-23-11-20-22-17(23)25-12(2)16(24)21-14-7-6-13(10-19)15(18)9-14/h6-7,9,11-12H,3-5,8H2,1-2H3,(H,21,24)/t12-/m0/s1. The molecule has 0 aliphatic carbocycles. The van der Waals surface area contributed by atoms with Gasteiger partial charge in [0.1, 0.15) is 12.4 Å². The molecule has 0 aliphatic rings. The number of anilines is 1. The van der Waals surface area contributed by atoms with Crippen LogP contribution in [0.5, 0.6) is 0 Å². The predicted octanol–water partition coefficient (Wildman–Crippen LogP) is 4.11. The third-order valence-electron chi connectivity index (χ3n) is 3.59. The quantitative estimate of drug-likeness (QED) is 0.552. The van der Waals surface area contributed by atoms with Gasteiger partial charge in [0.25, 0.3) is 0 Å². The highest BCUT2D eigenvalue weighted by atomic mass is 35.5. The van der Waals surface area contributed by atoms with Crippen molar-refractivity contribution in [3.8, 4) is 6.07 Å². The Morgan fingerprint density at radius 2 is 2.28 bits per heavy atom. The van der Waals surface area contributed by atoms with E-state index < -0.39 is 0 Å². The normalized spacial score (nSPS) is 11.8. The van der Waals surface area contributed by atoms with E-state index in [1.54, 1.807) is 24.5 Å². The number of amides is 1. The van der Waals surface area contributed by atoms with Gasteiger partial charge >= 0.3 is 0 Å². The third kappa shape index (κ3) is 5.48. The lowest BCUT2D eigenvalue weighted by atomic mass is 10.2. The Morgan fingerprint density at radius 3 is 2.96 bits per heavy atom. The van der Waals surface area contributed by atoms with E-state index >= 15 is 0 Å². The van der Waals surface area contributed by atoms with Crippen LogP contribution in [-0.2, 0) is 11.3 Å². The summed E-state index contributed by atoms with van der Waals surface area (Å²) in [5, 5.41) is 20.4. The van der Waals surface area contributed by atoms with Crippen molar-refractivity contribution in [3.05, 3.63) is 35.1 Å². The molecule has 0 aliphatic heterocycles. The Kier molecular flexibility index (Phi) is 7.29. The average Bonchev–Trinajstić information content (AvgIpc) is 3.02. The van der Waals surface area contributed by atoms with Crippen LogP contribution in [0.25, 0.3) is 0 Å². The van der Waals surface area contributed by atoms with Crippen LogP contribution in [-0.4, -0.2) is 25.9 Å². The fourth-order valence-corrected chi connectivity index (χ4v) is 3.23. The maximum atomic E-state index is 12.4. The fourth-order valence-electron chi connectivity index (χ4n) is 2.16. The van der Waals surface area contributed by atoms with Crippen molar-refractivity contribution in [1.82, 2.24) is 14.8 Å². The van der Waals surface area contributed by atoms with E-state index in [4.69, 9.17) is 16.9 Å². The summed E-state index contributed by atoms with van der Waals surface area (Å²) in [7, 11) is 0. The van der Waals surface area contributed by atoms with Gasteiger partial charge in [0, 0.05) is 12.2 Å². The molecular weight excluding hydrogens is 358 g/mol. The second-order valence-electron chi connectivity index (χ2n) is 5.57. The number of unbranched alkanes of at least 4 members (excludes halogenated alkanes) is 2. The van der Waals surface area contributed by atoms with Crippen LogP contribution in [0.2, 0.25) is 5.02 Å². The largest absolute Gasteiger partial charge is 0.325 e. The van der Waals surface area contributed by atoms with Gasteiger partial charge in [-0.2, -0.15) is 5.26 Å². The maximum absolute atomic E-state index is 12.4. The number of halogens is 1. The molecule has 1 heterocycles. The molecule has 1 aromatic carbocycles. The summed E-state index contributed by atoms with van der Waals surface area (Å²) in [6.45, 7) is 4.82. The smallest absolute Gasteiger partial charge is 0.237 e. The van der Waals surface area contributed by atoms with Crippen molar-refractivity contribution in [1.29, 1.82) is 5.26 Å². The molecule has 0 radical (unpaired) electrons. The molecule has 2 rings (SSSR count). The molecule has 25 heavy (non-hydrogen) atoms. The van der Waals surface area contributed by atoms with Crippen LogP contribution >= 0.6 is 23.4 Å². The van der Waals surface area contributed by atoms with Crippen molar-refractivity contribution in [2.75, 3.05) is 5.32 Å². The van der Waals surface area contributed by atoms with Gasteiger partial charge in [-0.25, -0.2) is 0 Å². The Labute approximate surface area is 156 Å². The number of nitriles is 1. The second kappa shape index (κ2) is 9.44. The molecular formula is C17H20ClN5OS. The number of hydrogen-bond donors (Lipinski definition) is 1. The van der Waals surface area contributed by atoms with E-state index in [-0.39, 0.29) is 11.2 Å². The highest BCUT2D eigenvalue weighted by Gasteiger charge is 2.18. The number of rotatable bonds is 8. The van der Waals surface area contributed by atoms with Crippen LogP contribution in [0.1, 0.15) is 38.7 Å². The molecule has 2 aromatic rings. The molecule has 0 fully saturated rings. The van der Waals surface area contributed by atoms with Gasteiger partial charge in [-0.15, -0.1) is 10.2 Å². The molecule has 0 saturated carbocycles. The molecule has 1 amide bonds. The molecule has 132 valence electrons. The lowest BCUT2D eigenvalue weighted by molar-refractivity contribution is -0.115. The summed E-state index contributed by atoms with van der Waals surface area (Å²) in [5.74, 6) is -0.158. The summed E-state index contributed by atoms with van der Waals surface area (Å²) < 4.78 is 1.97. The van der Waals surface area contributed by atoms with Crippen LogP contribution in [0.3, 0.4) is 0 Å². The van der Waals surface area contributed by atoms with Crippen molar-refractivity contribution in [2.45, 2.75) is 50.1 Å². The van der Waals surface area contributed by atoms with E-state index in [9.17, 15) is 4.79 Å². The molecule has 8 heteroatoms. The SMILES string of the molecule is CCCCCn1cnnc1S[C@@H](C)C(=O)Nc1ccc(C#N)c(Cl)c1. The van der Waals surface area contributed by atoms with Crippen LogP contribution in [0.15, 0.2) is 29.7 Å². The molecule has 0 unspecified atom stereocenters. The molecule has 6 nitrogen and oxygen atoms in total. The summed E-state index contributed by atoms with van der Waals surface area (Å²) in [6.07, 6.45) is 5.06. The maximum Gasteiger partial charge on any atom is 0.237 e. The number of carbonyl (C=O) groups is 1. The Hall–Kier alpha value is -2.04. The zero-order valence-corrected chi connectivity index (χ0v) is 15.8. The summed E-state index contributed by atoms with van der Waals surface area (Å²) in [5.41, 5.74) is 0.938. The third-order valence-corrected chi connectivity index (χ3v) is 5.00. The van der Waals surface area contributed by atoms with Gasteiger partial charge < -0.3 is 9.88 Å². The molecule has 1 atom stereocenters. The fraction of sp³-hybridized carbons (Fsp3) is 0.412. The van der Waals surface area contributed by atoms with Crippen LogP contribution < -0.4 is 5.32 Å². The summed E-state index contributed by atoms with van der Waals surface area (Å²) >= 11 is 7.35. The van der Waals surface area contributed by atoms with E-state index in [2.05, 4.69) is 22.4 Å². The first-order valence-corrected chi connectivity index (χ1v) is 9.36. The van der Waals surface area contributed by atoms with Crippen molar-refractivity contribution in [3.63, 3.8) is 0 Å². The minimum Gasteiger partial charge on any atom is -0.325 e. The Morgan fingerprint density at radius 1 is 1.48 bits per heavy atom. The molecule has 0 saturated heterocycles. The van der Waals surface area contributed by atoms with E-state index in [0.29, 0.717) is 16.3 Å². The van der Waals surface area contributed by atoms with Gasteiger partial charge in [-0.3, -0.25) is 4.79 Å². The Balaban J connectivity index is 1.96.